The van der Waals surface area contributed by atoms with E-state index in [0.29, 0.717) is 18.9 Å². The molecule has 1 amide bonds. The van der Waals surface area contributed by atoms with Crippen molar-refractivity contribution in [3.05, 3.63) is 16.7 Å². The summed E-state index contributed by atoms with van der Waals surface area (Å²) in [6.45, 7) is 3.08. The molecule has 156 valence electrons. The van der Waals surface area contributed by atoms with Crippen LogP contribution in [0.2, 0.25) is 5.02 Å². The van der Waals surface area contributed by atoms with Crippen molar-refractivity contribution in [2.75, 3.05) is 11.1 Å². The van der Waals surface area contributed by atoms with Crippen LogP contribution in [0.1, 0.15) is 45.1 Å². The van der Waals surface area contributed by atoms with E-state index < -0.39 is 45.4 Å². The molecule has 0 radical (unpaired) electrons. The van der Waals surface area contributed by atoms with Gasteiger partial charge in [-0.3, -0.25) is 9.59 Å². The maximum atomic E-state index is 13.2. The number of aromatic nitrogens is 1. The van der Waals surface area contributed by atoms with Crippen LogP contribution in [0.3, 0.4) is 0 Å². The number of nitrogens with zero attached hydrogens (tertiary/aromatic N) is 1. The van der Waals surface area contributed by atoms with Crippen LogP contribution in [-0.2, 0) is 15.8 Å². The van der Waals surface area contributed by atoms with E-state index in [0.717, 1.165) is 24.6 Å². The van der Waals surface area contributed by atoms with Crippen molar-refractivity contribution < 1.29 is 32.6 Å². The van der Waals surface area contributed by atoms with Gasteiger partial charge in [-0.2, -0.15) is 18.2 Å². The number of hydrogen-bond donors (Lipinski definition) is 2. The highest BCUT2D eigenvalue weighted by molar-refractivity contribution is 8.02. The number of rotatable bonds is 7. The quantitative estimate of drug-likeness (QED) is 0.643. The van der Waals surface area contributed by atoms with Gasteiger partial charge in [0.05, 0.1) is 16.9 Å². The number of anilines is 1. The van der Waals surface area contributed by atoms with E-state index in [-0.39, 0.29) is 11.6 Å². The second-order valence-corrected chi connectivity index (χ2v) is 8.45. The maximum absolute atomic E-state index is 13.2. The molecule has 0 aliphatic heterocycles. The van der Waals surface area contributed by atoms with Crippen LogP contribution in [0.15, 0.2) is 6.07 Å². The zero-order valence-electron chi connectivity index (χ0n) is 15.2. The number of carboxylic acid groups (broad SMARTS) is 1. The van der Waals surface area contributed by atoms with Gasteiger partial charge in [-0.15, -0.1) is 11.8 Å². The van der Waals surface area contributed by atoms with Crippen molar-refractivity contribution >= 4 is 41.1 Å². The fourth-order valence-electron chi connectivity index (χ4n) is 2.81. The summed E-state index contributed by atoms with van der Waals surface area (Å²) in [6.07, 6.45) is -2.84. The van der Waals surface area contributed by atoms with E-state index >= 15 is 0 Å². The Bertz CT molecular complexity index is 753. The zero-order valence-corrected chi connectivity index (χ0v) is 16.8. The number of pyridine rings is 1. The predicted octanol–water partition coefficient (Wildman–Crippen LogP) is 4.61. The van der Waals surface area contributed by atoms with Gasteiger partial charge in [0.1, 0.15) is 10.3 Å². The molecule has 1 heterocycles. The molecule has 11 heteroatoms. The minimum Gasteiger partial charge on any atom is -0.480 e. The van der Waals surface area contributed by atoms with Gasteiger partial charge in [-0.05, 0) is 32.8 Å². The van der Waals surface area contributed by atoms with Crippen molar-refractivity contribution in [2.24, 2.45) is 0 Å². The minimum atomic E-state index is -4.73. The Balaban J connectivity index is 2.16. The average Bonchev–Trinajstić information content (AvgIpc) is 3.04. The molecule has 2 N–H and O–H groups in total. The number of halogens is 4. The van der Waals surface area contributed by atoms with E-state index in [4.69, 9.17) is 16.3 Å². The molecule has 1 aromatic rings. The Morgan fingerprint density at radius 3 is 2.50 bits per heavy atom. The molecule has 1 aliphatic carbocycles. The normalized spacial score (nSPS) is 16.2. The number of carboxylic acids is 1. The first-order valence-corrected chi connectivity index (χ1v) is 9.92. The molecular formula is C17H20ClF3N2O4S. The summed E-state index contributed by atoms with van der Waals surface area (Å²) in [6, 6.07) is 0.644. The molecule has 6 nitrogen and oxygen atoms in total. The number of amides is 1. The Morgan fingerprint density at radius 2 is 2.00 bits per heavy atom. The summed E-state index contributed by atoms with van der Waals surface area (Å²) in [7, 11) is 0. The lowest BCUT2D eigenvalue weighted by Gasteiger charge is -2.22. The van der Waals surface area contributed by atoms with Crippen LogP contribution in [-0.4, -0.2) is 38.6 Å². The number of thioether (sulfide) groups is 1. The van der Waals surface area contributed by atoms with E-state index in [9.17, 15) is 27.9 Å². The molecule has 0 aromatic carbocycles. The van der Waals surface area contributed by atoms with Crippen molar-refractivity contribution in [3.8, 4) is 5.88 Å². The number of nitrogens with one attached hydrogen (secondary N) is 1. The largest absolute Gasteiger partial charge is 0.480 e. The van der Waals surface area contributed by atoms with E-state index in [1.165, 1.54) is 13.8 Å². The Hall–Kier alpha value is -1.68. The van der Waals surface area contributed by atoms with Crippen LogP contribution in [0.5, 0.6) is 5.88 Å². The molecule has 0 unspecified atom stereocenters. The van der Waals surface area contributed by atoms with Gasteiger partial charge in [0.2, 0.25) is 11.8 Å². The number of carbonyl (C=O) groups is 2. The first kappa shape index (κ1) is 22.6. The van der Waals surface area contributed by atoms with Gasteiger partial charge < -0.3 is 15.2 Å². The lowest BCUT2D eigenvalue weighted by molar-refractivity contribution is -0.140. The van der Waals surface area contributed by atoms with Crippen molar-refractivity contribution in [1.29, 1.82) is 0 Å². The lowest BCUT2D eigenvalue weighted by atomic mass is 10.1. The topological polar surface area (TPSA) is 88.5 Å². The molecule has 1 aliphatic rings. The highest BCUT2D eigenvalue weighted by atomic mass is 35.5. The highest BCUT2D eigenvalue weighted by Crippen LogP contribution is 2.42. The van der Waals surface area contributed by atoms with Crippen molar-refractivity contribution in [3.63, 3.8) is 0 Å². The second kappa shape index (κ2) is 8.77. The molecule has 1 fully saturated rings. The summed E-state index contributed by atoms with van der Waals surface area (Å²) in [4.78, 5) is 27.5. The second-order valence-electron chi connectivity index (χ2n) is 6.68. The van der Waals surface area contributed by atoms with Gasteiger partial charge in [0, 0.05) is 0 Å². The lowest BCUT2D eigenvalue weighted by Crippen LogP contribution is -2.33. The van der Waals surface area contributed by atoms with Gasteiger partial charge in [-0.1, -0.05) is 24.4 Å². The van der Waals surface area contributed by atoms with Crippen LogP contribution >= 0.6 is 23.4 Å². The van der Waals surface area contributed by atoms with Gasteiger partial charge in [0.15, 0.2) is 5.82 Å². The fourth-order valence-corrected chi connectivity index (χ4v) is 4.19. The van der Waals surface area contributed by atoms with Crippen LogP contribution < -0.4 is 10.1 Å². The summed E-state index contributed by atoms with van der Waals surface area (Å²) in [5, 5.41) is 11.4. The van der Waals surface area contributed by atoms with Crippen molar-refractivity contribution in [2.45, 2.75) is 56.6 Å². The SMILES string of the molecule is CC(C)Oc1nc(NC(=O)CSC2(C(=O)O)CCCC2)c(Cl)cc1C(F)(F)F. The number of carbonyl (C=O) groups excluding carboxylic acids is 1. The van der Waals surface area contributed by atoms with Gasteiger partial charge >= 0.3 is 12.1 Å². The third-order valence-electron chi connectivity index (χ3n) is 4.13. The zero-order chi connectivity index (χ0) is 21.1. The smallest absolute Gasteiger partial charge is 0.421 e. The number of aliphatic carboxylic acids is 1. The number of hydrogen-bond acceptors (Lipinski definition) is 5. The molecular weight excluding hydrogens is 421 g/mol. The van der Waals surface area contributed by atoms with E-state index in [2.05, 4.69) is 10.3 Å². The minimum absolute atomic E-state index is 0.189. The molecule has 0 bridgehead atoms. The third-order valence-corrected chi connectivity index (χ3v) is 5.96. The standard InChI is InChI=1S/C17H20ClF3N2O4S/c1-9(2)27-14-10(17(19,20)21)7-11(18)13(23-14)22-12(24)8-28-16(15(25)26)5-3-4-6-16/h7,9H,3-6,8H2,1-2H3,(H,25,26)(H,22,23,24). The molecule has 1 aromatic heterocycles. The summed E-state index contributed by atoms with van der Waals surface area (Å²) >= 11 is 6.86. The molecule has 28 heavy (non-hydrogen) atoms. The molecule has 2 rings (SSSR count). The van der Waals surface area contributed by atoms with Crippen LogP contribution in [0, 0.1) is 0 Å². The fraction of sp³-hybridized carbons (Fsp3) is 0.588. The monoisotopic (exact) mass is 440 g/mol. The van der Waals surface area contributed by atoms with Crippen LogP contribution in [0.25, 0.3) is 0 Å². The molecule has 0 saturated heterocycles. The van der Waals surface area contributed by atoms with Gasteiger partial charge in [-0.25, -0.2) is 0 Å². The molecule has 1 saturated carbocycles. The highest BCUT2D eigenvalue weighted by Gasteiger charge is 2.42. The number of ether oxygens (including phenoxy) is 1. The number of alkyl halides is 3. The molecule has 0 atom stereocenters. The van der Waals surface area contributed by atoms with Crippen molar-refractivity contribution in [1.82, 2.24) is 4.98 Å². The summed E-state index contributed by atoms with van der Waals surface area (Å²) in [5.41, 5.74) is -1.14. The predicted molar refractivity (Wildman–Crippen MR) is 99.9 cm³/mol. The maximum Gasteiger partial charge on any atom is 0.421 e. The Morgan fingerprint density at radius 1 is 1.39 bits per heavy atom. The van der Waals surface area contributed by atoms with Crippen LogP contribution in [0.4, 0.5) is 19.0 Å². The summed E-state index contributed by atoms with van der Waals surface area (Å²) < 4.78 is 43.6. The summed E-state index contributed by atoms with van der Waals surface area (Å²) in [5.74, 6) is -2.73. The van der Waals surface area contributed by atoms with E-state index in [1.807, 2.05) is 0 Å². The average molecular weight is 441 g/mol. The van der Waals surface area contributed by atoms with Gasteiger partial charge in [0.25, 0.3) is 0 Å². The Labute approximate surface area is 169 Å². The first-order chi connectivity index (χ1) is 12.9. The third kappa shape index (κ3) is 5.44. The molecule has 0 spiro atoms. The Kier molecular flexibility index (Phi) is 7.08. The van der Waals surface area contributed by atoms with E-state index in [1.54, 1.807) is 0 Å². The first-order valence-electron chi connectivity index (χ1n) is 8.56.